The van der Waals surface area contributed by atoms with Crippen LogP contribution in [0.2, 0.25) is 0 Å². The van der Waals surface area contributed by atoms with Crippen LogP contribution in [0.15, 0.2) is 24.3 Å². The van der Waals surface area contributed by atoms with E-state index in [2.05, 4.69) is 10.6 Å². The first-order valence-corrected chi connectivity index (χ1v) is 10.3. The lowest BCUT2D eigenvalue weighted by Gasteiger charge is -2.61. The second kappa shape index (κ2) is 7.30. The molecule has 4 fully saturated rings. The number of benzene rings is 1. The van der Waals surface area contributed by atoms with E-state index in [1.54, 1.807) is 14.0 Å². The van der Waals surface area contributed by atoms with Gasteiger partial charge >= 0.3 is 0 Å². The van der Waals surface area contributed by atoms with Crippen LogP contribution in [0.4, 0.5) is 0 Å². The van der Waals surface area contributed by atoms with Gasteiger partial charge in [-0.05, 0) is 74.6 Å². The number of hydrogen-bond donors (Lipinski definition) is 2. The van der Waals surface area contributed by atoms with Crippen LogP contribution in [0.5, 0.6) is 11.5 Å². The van der Waals surface area contributed by atoms with Crippen molar-refractivity contribution in [2.45, 2.75) is 51.0 Å². The number of ether oxygens (including phenoxy) is 2. The van der Waals surface area contributed by atoms with Gasteiger partial charge in [-0.1, -0.05) is 0 Å². The van der Waals surface area contributed by atoms with E-state index in [9.17, 15) is 9.59 Å². The van der Waals surface area contributed by atoms with Gasteiger partial charge in [-0.25, -0.2) is 0 Å². The summed E-state index contributed by atoms with van der Waals surface area (Å²) in [4.78, 5) is 24.9. The van der Waals surface area contributed by atoms with Crippen LogP contribution in [-0.2, 0) is 9.59 Å². The number of carbonyl (C=O) groups excluding carboxylic acids is 2. The predicted molar refractivity (Wildman–Crippen MR) is 105 cm³/mol. The van der Waals surface area contributed by atoms with Crippen molar-refractivity contribution in [2.75, 3.05) is 20.3 Å². The Morgan fingerprint density at radius 3 is 2.32 bits per heavy atom. The van der Waals surface area contributed by atoms with Crippen LogP contribution in [0.1, 0.15) is 45.4 Å². The lowest BCUT2D eigenvalue weighted by atomic mass is 9.46. The number of amides is 2. The molecule has 0 heterocycles. The number of nitrogens with one attached hydrogen (secondary N) is 2. The molecule has 1 aromatic rings. The van der Waals surface area contributed by atoms with Crippen LogP contribution in [0, 0.1) is 17.3 Å². The van der Waals surface area contributed by atoms with Gasteiger partial charge in [0.25, 0.3) is 0 Å². The Hall–Kier alpha value is -2.24. The van der Waals surface area contributed by atoms with Gasteiger partial charge in [-0.3, -0.25) is 9.59 Å². The Kier molecular flexibility index (Phi) is 4.98. The molecule has 2 amide bonds. The van der Waals surface area contributed by atoms with Crippen molar-refractivity contribution in [3.8, 4) is 11.5 Å². The van der Waals surface area contributed by atoms with E-state index >= 15 is 0 Å². The van der Waals surface area contributed by atoms with Crippen molar-refractivity contribution in [3.63, 3.8) is 0 Å². The van der Waals surface area contributed by atoms with Crippen molar-refractivity contribution in [3.05, 3.63) is 24.3 Å². The Balaban J connectivity index is 1.33. The molecule has 2 N–H and O–H groups in total. The Labute approximate surface area is 166 Å². The van der Waals surface area contributed by atoms with Crippen LogP contribution in [0.25, 0.3) is 0 Å². The van der Waals surface area contributed by atoms with E-state index in [1.807, 2.05) is 24.3 Å². The van der Waals surface area contributed by atoms with Gasteiger partial charge in [-0.2, -0.15) is 0 Å². The predicted octanol–water partition coefficient (Wildman–Crippen LogP) is 2.67. The Morgan fingerprint density at radius 1 is 1.07 bits per heavy atom. The van der Waals surface area contributed by atoms with Crippen LogP contribution in [0.3, 0.4) is 0 Å². The summed E-state index contributed by atoms with van der Waals surface area (Å²) in [5.74, 6) is 2.80. The number of rotatable bonds is 7. The molecule has 152 valence electrons. The van der Waals surface area contributed by atoms with Crippen LogP contribution >= 0.6 is 0 Å². The topological polar surface area (TPSA) is 76.7 Å². The highest BCUT2D eigenvalue weighted by Gasteiger charge is 2.60. The first-order chi connectivity index (χ1) is 13.4. The SMILES string of the molecule is COc1ccc(OCCNC(=O)C23CC4CC(CC(NC(C)=O)(C4)C2)C3)cc1. The van der Waals surface area contributed by atoms with Crippen molar-refractivity contribution in [1.82, 2.24) is 10.6 Å². The van der Waals surface area contributed by atoms with Gasteiger partial charge < -0.3 is 20.1 Å². The number of methoxy groups -OCH3 is 1. The zero-order valence-corrected chi connectivity index (χ0v) is 16.8. The molecule has 2 unspecified atom stereocenters. The van der Waals surface area contributed by atoms with E-state index in [0.717, 1.165) is 43.6 Å². The van der Waals surface area contributed by atoms with Crippen LogP contribution in [-0.4, -0.2) is 37.6 Å². The summed E-state index contributed by atoms with van der Waals surface area (Å²) in [6.45, 7) is 2.49. The Bertz CT molecular complexity index is 731. The first kappa shape index (κ1) is 19.1. The fraction of sp³-hybridized carbons (Fsp3) is 0.636. The molecule has 2 atom stereocenters. The molecule has 28 heavy (non-hydrogen) atoms. The summed E-state index contributed by atoms with van der Waals surface area (Å²) in [7, 11) is 1.63. The molecule has 4 bridgehead atoms. The minimum atomic E-state index is -0.327. The normalized spacial score (nSPS) is 32.6. The number of carbonyl (C=O) groups is 2. The molecule has 6 nitrogen and oxygen atoms in total. The third-order valence-corrected chi connectivity index (χ3v) is 6.70. The average Bonchev–Trinajstić information content (AvgIpc) is 2.63. The Morgan fingerprint density at radius 2 is 1.71 bits per heavy atom. The molecule has 0 spiro atoms. The summed E-state index contributed by atoms with van der Waals surface area (Å²) in [6.07, 6.45) is 5.94. The maximum absolute atomic E-state index is 13.1. The summed E-state index contributed by atoms with van der Waals surface area (Å²) in [5.41, 5.74) is -0.500. The molecule has 0 radical (unpaired) electrons. The molecule has 4 aliphatic rings. The highest BCUT2D eigenvalue weighted by molar-refractivity contribution is 5.84. The summed E-state index contributed by atoms with van der Waals surface area (Å²) in [5, 5.41) is 6.31. The van der Waals surface area contributed by atoms with E-state index < -0.39 is 0 Å². The van der Waals surface area contributed by atoms with Gasteiger partial charge in [0.1, 0.15) is 18.1 Å². The molecule has 6 heteroatoms. The molecule has 0 aromatic heterocycles. The van der Waals surface area contributed by atoms with E-state index in [1.165, 1.54) is 6.42 Å². The quantitative estimate of drug-likeness (QED) is 0.707. The summed E-state index contributed by atoms with van der Waals surface area (Å²) in [6, 6.07) is 7.42. The number of hydrogen-bond acceptors (Lipinski definition) is 4. The molecule has 0 aliphatic heterocycles. The second-order valence-corrected chi connectivity index (χ2v) is 8.98. The fourth-order valence-electron chi connectivity index (χ4n) is 6.24. The van der Waals surface area contributed by atoms with Gasteiger partial charge in [0.05, 0.1) is 19.1 Å². The fourth-order valence-corrected chi connectivity index (χ4v) is 6.24. The lowest BCUT2D eigenvalue weighted by molar-refractivity contribution is -0.153. The molecule has 5 rings (SSSR count). The second-order valence-electron chi connectivity index (χ2n) is 8.98. The highest BCUT2D eigenvalue weighted by Crippen LogP contribution is 2.61. The molecule has 4 saturated carbocycles. The minimum absolute atomic E-state index is 0.0189. The maximum Gasteiger partial charge on any atom is 0.226 e. The van der Waals surface area contributed by atoms with Crippen molar-refractivity contribution >= 4 is 11.8 Å². The summed E-state index contributed by atoms with van der Waals surface area (Å²) < 4.78 is 10.9. The molecular formula is C22H30N2O4. The standard InChI is InChI=1S/C22H30N2O4/c1-15(25)24-22-12-16-9-17(13-22)11-21(10-16,14-22)20(26)23-7-8-28-19-5-3-18(27-2)4-6-19/h3-6,16-17H,7-14H2,1-2H3,(H,23,26)(H,24,25). The van der Waals surface area contributed by atoms with Gasteiger partial charge in [0.2, 0.25) is 11.8 Å². The highest BCUT2D eigenvalue weighted by atomic mass is 16.5. The molecule has 0 saturated heterocycles. The van der Waals surface area contributed by atoms with Crippen molar-refractivity contribution in [1.29, 1.82) is 0 Å². The van der Waals surface area contributed by atoms with Gasteiger partial charge in [-0.15, -0.1) is 0 Å². The van der Waals surface area contributed by atoms with E-state index in [4.69, 9.17) is 9.47 Å². The smallest absolute Gasteiger partial charge is 0.226 e. The first-order valence-electron chi connectivity index (χ1n) is 10.3. The minimum Gasteiger partial charge on any atom is -0.497 e. The third kappa shape index (κ3) is 3.69. The maximum atomic E-state index is 13.1. The van der Waals surface area contributed by atoms with Crippen molar-refractivity contribution in [2.24, 2.45) is 17.3 Å². The largest absolute Gasteiger partial charge is 0.497 e. The zero-order chi connectivity index (χ0) is 19.8. The summed E-state index contributed by atoms with van der Waals surface area (Å²) >= 11 is 0. The lowest BCUT2D eigenvalue weighted by Crippen LogP contribution is -2.65. The van der Waals surface area contributed by atoms with Crippen molar-refractivity contribution < 1.29 is 19.1 Å². The third-order valence-electron chi connectivity index (χ3n) is 6.70. The molecule has 4 aliphatic carbocycles. The van der Waals surface area contributed by atoms with Crippen LogP contribution < -0.4 is 20.1 Å². The molecule has 1 aromatic carbocycles. The van der Waals surface area contributed by atoms with Gasteiger partial charge in [0, 0.05) is 12.5 Å². The average molecular weight is 386 g/mol. The molecular weight excluding hydrogens is 356 g/mol. The van der Waals surface area contributed by atoms with Gasteiger partial charge in [0.15, 0.2) is 0 Å². The zero-order valence-electron chi connectivity index (χ0n) is 16.8. The van der Waals surface area contributed by atoms with E-state index in [0.29, 0.717) is 25.0 Å². The van der Waals surface area contributed by atoms with E-state index in [-0.39, 0.29) is 22.8 Å². The monoisotopic (exact) mass is 386 g/mol.